The molecule has 0 aromatic heterocycles. The fourth-order valence-corrected chi connectivity index (χ4v) is 4.76. The van der Waals surface area contributed by atoms with Gasteiger partial charge < -0.3 is 15.0 Å². The maximum absolute atomic E-state index is 12.7. The average Bonchev–Trinajstić information content (AvgIpc) is 3.15. The molecule has 1 aliphatic heterocycles. The van der Waals surface area contributed by atoms with Crippen LogP contribution in [0.2, 0.25) is 0 Å². The van der Waals surface area contributed by atoms with Crippen LogP contribution in [0.1, 0.15) is 40.7 Å². The van der Waals surface area contributed by atoms with Gasteiger partial charge in [-0.25, -0.2) is 0 Å². The molecule has 3 aromatic rings. The van der Waals surface area contributed by atoms with Crippen LogP contribution in [0.15, 0.2) is 78.9 Å². The van der Waals surface area contributed by atoms with E-state index in [9.17, 15) is 9.59 Å². The third kappa shape index (κ3) is 5.32. The highest BCUT2D eigenvalue weighted by atomic mass is 32.2. The van der Waals surface area contributed by atoms with Gasteiger partial charge in [0.1, 0.15) is 11.1 Å². The highest BCUT2D eigenvalue weighted by Gasteiger charge is 2.32. The molecule has 0 spiro atoms. The molecule has 1 atom stereocenters. The summed E-state index contributed by atoms with van der Waals surface area (Å²) in [5, 5.41) is 2.86. The van der Waals surface area contributed by atoms with Crippen LogP contribution in [0.3, 0.4) is 0 Å². The van der Waals surface area contributed by atoms with E-state index in [1.54, 1.807) is 11.8 Å². The van der Waals surface area contributed by atoms with Crippen molar-refractivity contribution >= 4 is 29.3 Å². The molecule has 1 saturated heterocycles. The number of ether oxygens (including phenoxy) is 1. The Morgan fingerprint density at radius 3 is 2.38 bits per heavy atom. The molecule has 6 heteroatoms. The second kappa shape index (κ2) is 9.92. The first-order valence-corrected chi connectivity index (χ1v) is 11.7. The van der Waals surface area contributed by atoms with Crippen LogP contribution in [0.4, 0.5) is 5.69 Å². The Bertz CT molecular complexity index is 1070. The normalized spacial score (nSPS) is 15.8. The van der Waals surface area contributed by atoms with Crippen LogP contribution in [-0.4, -0.2) is 28.6 Å². The summed E-state index contributed by atoms with van der Waals surface area (Å²) in [6, 6.07) is 24.8. The number of nitrogens with one attached hydrogen (secondary N) is 1. The lowest BCUT2D eigenvalue weighted by molar-refractivity contribution is -0.128. The maximum Gasteiger partial charge on any atom is 0.255 e. The number of amides is 2. The zero-order valence-electron chi connectivity index (χ0n) is 18.2. The summed E-state index contributed by atoms with van der Waals surface area (Å²) in [5.41, 5.74) is 3.40. The molecule has 0 radical (unpaired) electrons. The van der Waals surface area contributed by atoms with E-state index >= 15 is 0 Å². The van der Waals surface area contributed by atoms with Crippen LogP contribution in [0.5, 0.6) is 5.75 Å². The molecule has 32 heavy (non-hydrogen) atoms. The molecular weight excluding hydrogens is 420 g/mol. The second-order valence-electron chi connectivity index (χ2n) is 7.94. The topological polar surface area (TPSA) is 58.6 Å². The molecule has 1 fully saturated rings. The van der Waals surface area contributed by atoms with Crippen LogP contribution in [0, 0.1) is 0 Å². The van der Waals surface area contributed by atoms with E-state index in [0.717, 1.165) is 16.9 Å². The molecule has 164 valence electrons. The van der Waals surface area contributed by atoms with E-state index in [1.165, 1.54) is 0 Å². The SMILES string of the molecule is CC(C)Oc1ccc(NC(=O)c2ccc([C@H]3SCC(=O)N3Cc3ccccc3)cc2)cc1. The van der Waals surface area contributed by atoms with Crippen molar-refractivity contribution in [2.75, 3.05) is 11.1 Å². The lowest BCUT2D eigenvalue weighted by atomic mass is 10.1. The zero-order valence-corrected chi connectivity index (χ0v) is 19.0. The van der Waals surface area contributed by atoms with Gasteiger partial charge in [0.15, 0.2) is 0 Å². The fraction of sp³-hybridized carbons (Fsp3) is 0.231. The number of benzene rings is 3. The predicted octanol–water partition coefficient (Wildman–Crippen LogP) is 5.50. The van der Waals surface area contributed by atoms with E-state index in [2.05, 4.69) is 5.32 Å². The Balaban J connectivity index is 1.41. The van der Waals surface area contributed by atoms with Crippen molar-refractivity contribution in [3.8, 4) is 5.75 Å². The Hall–Kier alpha value is -3.25. The summed E-state index contributed by atoms with van der Waals surface area (Å²) < 4.78 is 5.63. The standard InChI is InChI=1S/C26H26N2O3S/c1-18(2)31-23-14-12-22(13-15-23)27-25(30)20-8-10-21(11-9-20)26-28(24(29)17-32-26)16-19-6-4-3-5-7-19/h3-15,18,26H,16-17H2,1-2H3,(H,27,30)/t26-/m1/s1. The number of nitrogens with zero attached hydrogens (tertiary/aromatic N) is 1. The quantitative estimate of drug-likeness (QED) is 0.521. The summed E-state index contributed by atoms with van der Waals surface area (Å²) in [7, 11) is 0. The highest BCUT2D eigenvalue weighted by Crippen LogP contribution is 2.39. The number of carbonyl (C=O) groups excluding carboxylic acids is 2. The Kier molecular flexibility index (Phi) is 6.81. The van der Waals surface area contributed by atoms with Crippen LogP contribution >= 0.6 is 11.8 Å². The van der Waals surface area contributed by atoms with Crippen molar-refractivity contribution in [3.05, 3.63) is 95.6 Å². The van der Waals surface area contributed by atoms with Crippen molar-refractivity contribution in [1.29, 1.82) is 0 Å². The van der Waals surface area contributed by atoms with Gasteiger partial charge in [0.25, 0.3) is 5.91 Å². The molecule has 5 nitrogen and oxygen atoms in total. The average molecular weight is 447 g/mol. The van der Waals surface area contributed by atoms with Gasteiger partial charge in [-0.05, 0) is 61.4 Å². The predicted molar refractivity (Wildman–Crippen MR) is 129 cm³/mol. The van der Waals surface area contributed by atoms with Gasteiger partial charge in [-0.2, -0.15) is 0 Å². The third-order valence-corrected chi connectivity index (χ3v) is 6.36. The molecule has 1 heterocycles. The molecule has 4 rings (SSSR count). The number of hydrogen-bond donors (Lipinski definition) is 1. The number of anilines is 1. The minimum absolute atomic E-state index is 0.0479. The minimum atomic E-state index is -0.176. The molecular formula is C26H26N2O3S. The molecule has 2 amide bonds. The van der Waals surface area contributed by atoms with Gasteiger partial charge in [0.2, 0.25) is 5.91 Å². The first-order chi connectivity index (χ1) is 15.5. The summed E-state index contributed by atoms with van der Waals surface area (Å²) in [6.07, 6.45) is 0.103. The van der Waals surface area contributed by atoms with Crippen LogP contribution in [0.25, 0.3) is 0 Å². The number of hydrogen-bond acceptors (Lipinski definition) is 4. The van der Waals surface area contributed by atoms with E-state index in [4.69, 9.17) is 4.74 Å². The zero-order chi connectivity index (χ0) is 22.5. The number of thioether (sulfide) groups is 1. The minimum Gasteiger partial charge on any atom is -0.491 e. The lowest BCUT2D eigenvalue weighted by Gasteiger charge is -2.24. The lowest BCUT2D eigenvalue weighted by Crippen LogP contribution is -2.27. The van der Waals surface area contributed by atoms with Gasteiger partial charge in [0.05, 0.1) is 11.9 Å². The molecule has 0 aliphatic carbocycles. The van der Waals surface area contributed by atoms with Crippen molar-refractivity contribution in [1.82, 2.24) is 4.90 Å². The molecule has 0 bridgehead atoms. The van der Waals surface area contributed by atoms with Crippen LogP contribution < -0.4 is 10.1 Å². The first kappa shape index (κ1) is 22.0. The maximum atomic E-state index is 12.7. The van der Waals surface area contributed by atoms with Crippen molar-refractivity contribution < 1.29 is 14.3 Å². The summed E-state index contributed by atoms with van der Waals surface area (Å²) >= 11 is 1.62. The van der Waals surface area contributed by atoms with E-state index in [1.807, 2.05) is 97.6 Å². The summed E-state index contributed by atoms with van der Waals surface area (Å²) in [6.45, 7) is 4.52. The van der Waals surface area contributed by atoms with Gasteiger partial charge in [-0.1, -0.05) is 42.5 Å². The van der Waals surface area contributed by atoms with E-state index in [-0.39, 0.29) is 23.3 Å². The summed E-state index contributed by atoms with van der Waals surface area (Å²) in [5.74, 6) is 1.20. The van der Waals surface area contributed by atoms with Gasteiger partial charge in [-0.3, -0.25) is 9.59 Å². The first-order valence-electron chi connectivity index (χ1n) is 10.6. The molecule has 1 N–H and O–H groups in total. The fourth-order valence-electron chi connectivity index (χ4n) is 3.57. The van der Waals surface area contributed by atoms with Crippen molar-refractivity contribution in [2.45, 2.75) is 31.9 Å². The largest absolute Gasteiger partial charge is 0.491 e. The van der Waals surface area contributed by atoms with E-state index in [0.29, 0.717) is 23.5 Å². The van der Waals surface area contributed by atoms with Crippen molar-refractivity contribution in [2.24, 2.45) is 0 Å². The molecule has 0 unspecified atom stereocenters. The van der Waals surface area contributed by atoms with Crippen molar-refractivity contribution in [3.63, 3.8) is 0 Å². The Labute approximate surface area is 192 Å². The van der Waals surface area contributed by atoms with Gasteiger partial charge >= 0.3 is 0 Å². The smallest absolute Gasteiger partial charge is 0.255 e. The summed E-state index contributed by atoms with van der Waals surface area (Å²) in [4.78, 5) is 27.0. The van der Waals surface area contributed by atoms with Crippen LogP contribution in [-0.2, 0) is 11.3 Å². The number of rotatable bonds is 7. The molecule has 1 aliphatic rings. The Morgan fingerprint density at radius 1 is 1.03 bits per heavy atom. The number of carbonyl (C=O) groups is 2. The molecule has 0 saturated carbocycles. The third-order valence-electron chi connectivity index (χ3n) is 5.11. The Morgan fingerprint density at radius 2 is 1.72 bits per heavy atom. The monoisotopic (exact) mass is 446 g/mol. The highest BCUT2D eigenvalue weighted by molar-refractivity contribution is 8.00. The molecule has 3 aromatic carbocycles. The second-order valence-corrected chi connectivity index (χ2v) is 9.01. The van der Waals surface area contributed by atoms with Gasteiger partial charge in [-0.15, -0.1) is 11.8 Å². The van der Waals surface area contributed by atoms with E-state index < -0.39 is 0 Å². The van der Waals surface area contributed by atoms with Gasteiger partial charge in [0, 0.05) is 17.8 Å².